The molecule has 3 heteroatoms. The largest absolute Gasteiger partial charge is 0.337 e. The number of para-hydroxylation sites is 1. The maximum absolute atomic E-state index is 10.9. The van der Waals surface area contributed by atoms with Crippen LogP contribution in [-0.2, 0) is 4.79 Å². The van der Waals surface area contributed by atoms with E-state index in [4.69, 9.17) is 4.84 Å². The molecule has 14 heavy (non-hydrogen) atoms. The van der Waals surface area contributed by atoms with E-state index in [2.05, 4.69) is 0 Å². The van der Waals surface area contributed by atoms with E-state index < -0.39 is 0 Å². The third-order valence-electron chi connectivity index (χ3n) is 2.06. The third kappa shape index (κ3) is 1.37. The van der Waals surface area contributed by atoms with Crippen LogP contribution in [0.5, 0.6) is 0 Å². The molecule has 0 aliphatic heterocycles. The smallest absolute Gasteiger partial charge is 0.329 e. The van der Waals surface area contributed by atoms with Crippen molar-refractivity contribution >= 4 is 16.9 Å². The molecule has 0 unspecified atom stereocenters. The third-order valence-corrected chi connectivity index (χ3v) is 2.06. The summed E-state index contributed by atoms with van der Waals surface area (Å²) < 4.78 is 1.55. The van der Waals surface area contributed by atoms with Crippen molar-refractivity contribution in [1.29, 1.82) is 0 Å². The summed E-state index contributed by atoms with van der Waals surface area (Å²) in [4.78, 5) is 15.9. The van der Waals surface area contributed by atoms with Crippen molar-refractivity contribution in [3.05, 3.63) is 36.0 Å². The zero-order chi connectivity index (χ0) is 10.1. The number of hydrogen-bond donors (Lipinski definition) is 0. The lowest BCUT2D eigenvalue weighted by atomic mass is 10.2. The fourth-order valence-corrected chi connectivity index (χ4v) is 1.52. The molecule has 2 rings (SSSR count). The second-order valence-corrected chi connectivity index (χ2v) is 3.22. The molecule has 3 nitrogen and oxygen atoms in total. The molecule has 0 radical (unpaired) electrons. The second-order valence-electron chi connectivity index (χ2n) is 3.22. The van der Waals surface area contributed by atoms with Gasteiger partial charge in [-0.2, -0.15) is 4.73 Å². The number of hydrogen-bond acceptors (Lipinski definition) is 2. The van der Waals surface area contributed by atoms with E-state index in [1.165, 1.54) is 6.92 Å². The highest BCUT2D eigenvalue weighted by Crippen LogP contribution is 2.17. The molecule has 0 aliphatic rings. The lowest BCUT2D eigenvalue weighted by Crippen LogP contribution is -2.17. The normalized spacial score (nSPS) is 10.4. The minimum Gasteiger partial charge on any atom is -0.337 e. The number of rotatable bonds is 1. The number of nitrogens with zero attached hydrogens (tertiary/aromatic N) is 1. The number of carbonyl (C=O) groups is 1. The van der Waals surface area contributed by atoms with Gasteiger partial charge in [-0.05, 0) is 19.1 Å². The van der Waals surface area contributed by atoms with Crippen LogP contribution in [0, 0.1) is 6.92 Å². The Balaban J connectivity index is 2.62. The Bertz CT molecular complexity index is 485. The maximum Gasteiger partial charge on any atom is 0.329 e. The monoisotopic (exact) mass is 189 g/mol. The van der Waals surface area contributed by atoms with Crippen molar-refractivity contribution < 1.29 is 9.63 Å². The highest BCUT2D eigenvalue weighted by molar-refractivity contribution is 5.81. The molecule has 0 amide bonds. The summed E-state index contributed by atoms with van der Waals surface area (Å²) in [6, 6.07) is 9.77. The highest BCUT2D eigenvalue weighted by atomic mass is 16.7. The summed E-state index contributed by atoms with van der Waals surface area (Å²) >= 11 is 0. The number of benzene rings is 1. The lowest BCUT2D eigenvalue weighted by molar-refractivity contribution is -0.141. The molecule has 72 valence electrons. The predicted octanol–water partition coefficient (Wildman–Crippen LogP) is 1.92. The van der Waals surface area contributed by atoms with E-state index in [0.717, 1.165) is 16.6 Å². The Morgan fingerprint density at radius 2 is 2.07 bits per heavy atom. The summed E-state index contributed by atoms with van der Waals surface area (Å²) in [7, 11) is 0. The first kappa shape index (κ1) is 8.81. The van der Waals surface area contributed by atoms with Gasteiger partial charge in [0, 0.05) is 12.3 Å². The van der Waals surface area contributed by atoms with Crippen LogP contribution in [0.1, 0.15) is 12.6 Å². The van der Waals surface area contributed by atoms with Gasteiger partial charge in [0.1, 0.15) is 0 Å². The Labute approximate surface area is 81.9 Å². The van der Waals surface area contributed by atoms with Gasteiger partial charge in [-0.1, -0.05) is 18.2 Å². The second kappa shape index (κ2) is 3.18. The van der Waals surface area contributed by atoms with E-state index in [9.17, 15) is 4.79 Å². The summed E-state index contributed by atoms with van der Waals surface area (Å²) in [5, 5.41) is 1.08. The van der Waals surface area contributed by atoms with E-state index >= 15 is 0 Å². The average Bonchev–Trinajstić information content (AvgIpc) is 2.43. The van der Waals surface area contributed by atoms with Crippen molar-refractivity contribution in [3.63, 3.8) is 0 Å². The Morgan fingerprint density at radius 3 is 2.79 bits per heavy atom. The molecular weight excluding hydrogens is 178 g/mol. The van der Waals surface area contributed by atoms with Crippen LogP contribution in [0.15, 0.2) is 30.3 Å². The molecule has 0 atom stereocenters. The van der Waals surface area contributed by atoms with Crippen molar-refractivity contribution in [1.82, 2.24) is 4.73 Å². The van der Waals surface area contributed by atoms with Crippen LogP contribution in [-0.4, -0.2) is 10.7 Å². The average molecular weight is 189 g/mol. The van der Waals surface area contributed by atoms with Gasteiger partial charge in [-0.15, -0.1) is 0 Å². The van der Waals surface area contributed by atoms with Gasteiger partial charge in [0.2, 0.25) is 0 Å². The van der Waals surface area contributed by atoms with Crippen LogP contribution in [0.3, 0.4) is 0 Å². The van der Waals surface area contributed by atoms with Gasteiger partial charge in [0.25, 0.3) is 0 Å². The minimum absolute atomic E-state index is 0.311. The fraction of sp³-hybridized carbons (Fsp3) is 0.182. The molecule has 0 fully saturated rings. The number of aryl methyl sites for hydroxylation is 1. The van der Waals surface area contributed by atoms with Gasteiger partial charge in [-0.25, -0.2) is 4.79 Å². The minimum atomic E-state index is -0.311. The number of aromatic nitrogens is 1. The zero-order valence-corrected chi connectivity index (χ0v) is 8.15. The first-order valence-electron chi connectivity index (χ1n) is 4.44. The summed E-state index contributed by atoms with van der Waals surface area (Å²) in [5.41, 5.74) is 1.83. The molecule has 2 aromatic rings. The summed E-state index contributed by atoms with van der Waals surface area (Å²) in [6.07, 6.45) is 0. The topological polar surface area (TPSA) is 31.2 Å². The van der Waals surface area contributed by atoms with Gasteiger partial charge in [0.05, 0.1) is 11.2 Å². The molecule has 0 aliphatic carbocycles. The van der Waals surface area contributed by atoms with E-state index in [1.54, 1.807) is 4.73 Å². The summed E-state index contributed by atoms with van der Waals surface area (Å²) in [5.74, 6) is -0.311. The fourth-order valence-electron chi connectivity index (χ4n) is 1.52. The zero-order valence-electron chi connectivity index (χ0n) is 8.15. The Morgan fingerprint density at radius 1 is 1.36 bits per heavy atom. The Hall–Kier alpha value is -1.77. The van der Waals surface area contributed by atoms with Crippen molar-refractivity contribution in [2.45, 2.75) is 13.8 Å². The van der Waals surface area contributed by atoms with Gasteiger partial charge in [-0.3, -0.25) is 0 Å². The SMILES string of the molecule is CC(=O)On1c(C)cc2ccccc21. The quantitative estimate of drug-likeness (QED) is 0.686. The van der Waals surface area contributed by atoms with Gasteiger partial charge >= 0.3 is 5.97 Å². The molecule has 0 bridgehead atoms. The Kier molecular flexibility index (Phi) is 2.00. The van der Waals surface area contributed by atoms with E-state index in [-0.39, 0.29) is 5.97 Å². The molecule has 0 spiro atoms. The standard InChI is InChI=1S/C11H11NO2/c1-8-7-10-5-3-4-6-11(10)12(8)14-9(2)13/h3-7H,1-2H3. The van der Waals surface area contributed by atoms with Crippen LogP contribution in [0.4, 0.5) is 0 Å². The van der Waals surface area contributed by atoms with Crippen molar-refractivity contribution in [2.24, 2.45) is 0 Å². The lowest BCUT2D eigenvalue weighted by Gasteiger charge is -2.05. The maximum atomic E-state index is 10.9. The summed E-state index contributed by atoms with van der Waals surface area (Å²) in [6.45, 7) is 3.30. The first-order chi connectivity index (χ1) is 6.68. The van der Waals surface area contributed by atoms with Crippen LogP contribution < -0.4 is 4.84 Å². The highest BCUT2D eigenvalue weighted by Gasteiger charge is 2.06. The predicted molar refractivity (Wildman–Crippen MR) is 53.9 cm³/mol. The van der Waals surface area contributed by atoms with Crippen LogP contribution in [0.25, 0.3) is 10.9 Å². The van der Waals surface area contributed by atoms with Crippen molar-refractivity contribution in [3.8, 4) is 0 Å². The molecule has 0 N–H and O–H groups in total. The number of fused-ring (bicyclic) bond motifs is 1. The molecule has 0 saturated carbocycles. The van der Waals surface area contributed by atoms with Crippen LogP contribution >= 0.6 is 0 Å². The van der Waals surface area contributed by atoms with E-state index in [0.29, 0.717) is 0 Å². The number of carbonyl (C=O) groups excluding carboxylic acids is 1. The molecule has 0 saturated heterocycles. The van der Waals surface area contributed by atoms with Gasteiger partial charge < -0.3 is 4.84 Å². The van der Waals surface area contributed by atoms with Gasteiger partial charge in [0.15, 0.2) is 0 Å². The van der Waals surface area contributed by atoms with E-state index in [1.807, 2.05) is 37.3 Å². The molecular formula is C11H11NO2. The first-order valence-corrected chi connectivity index (χ1v) is 4.44. The molecule has 1 heterocycles. The van der Waals surface area contributed by atoms with Crippen LogP contribution in [0.2, 0.25) is 0 Å². The molecule has 1 aromatic carbocycles. The molecule has 1 aromatic heterocycles. The van der Waals surface area contributed by atoms with Crippen molar-refractivity contribution in [2.75, 3.05) is 0 Å².